The number of nitrogens with one attached hydrogen (secondary N) is 1. The number of aliphatic hydroxyl groups excluding tert-OH is 1. The number of aromatic nitrogens is 1. The summed E-state index contributed by atoms with van der Waals surface area (Å²) in [6, 6.07) is 1.51. The standard InChI is InChI=1S/C19H32N2O4/c1-14(2)7-5-8-15(3)9-6-10-19(4,23)17(22)11-16-12-18(20-13-16)21(24)25/h7,9,12-13,17,20,22-25H,5-6,8,10-11H2,1-4H3/b15-9+/t17-,19+/m1/s1. The zero-order valence-electron chi connectivity index (χ0n) is 15.7. The molecule has 0 saturated heterocycles. The molecule has 5 N–H and O–H groups in total. The van der Waals surface area contributed by atoms with Crippen molar-refractivity contribution in [2.75, 3.05) is 5.23 Å². The minimum Gasteiger partial charge on any atom is -0.390 e. The van der Waals surface area contributed by atoms with Gasteiger partial charge in [-0.3, -0.25) is 10.4 Å². The summed E-state index contributed by atoms with van der Waals surface area (Å²) in [5, 5.41) is 38.7. The summed E-state index contributed by atoms with van der Waals surface area (Å²) in [5.74, 6) is 0.108. The topological polar surface area (TPSA) is 100.0 Å². The van der Waals surface area contributed by atoms with Crippen LogP contribution in [0.3, 0.4) is 0 Å². The van der Waals surface area contributed by atoms with Gasteiger partial charge in [0.25, 0.3) is 0 Å². The zero-order valence-corrected chi connectivity index (χ0v) is 15.7. The second-order valence-electron chi connectivity index (χ2n) is 7.17. The Hall–Kier alpha value is -1.60. The van der Waals surface area contributed by atoms with Crippen molar-refractivity contribution in [2.24, 2.45) is 0 Å². The average Bonchev–Trinajstić information content (AvgIpc) is 2.95. The summed E-state index contributed by atoms with van der Waals surface area (Å²) in [5.41, 5.74) is 2.07. The Morgan fingerprint density at radius 3 is 2.48 bits per heavy atom. The summed E-state index contributed by atoms with van der Waals surface area (Å²) < 4.78 is 0. The van der Waals surface area contributed by atoms with Gasteiger partial charge in [-0.2, -0.15) is 0 Å². The second-order valence-corrected chi connectivity index (χ2v) is 7.17. The molecule has 1 heterocycles. The average molecular weight is 352 g/mol. The van der Waals surface area contributed by atoms with Gasteiger partial charge in [0.05, 0.1) is 11.7 Å². The lowest BCUT2D eigenvalue weighted by Crippen LogP contribution is -2.40. The monoisotopic (exact) mass is 352 g/mol. The van der Waals surface area contributed by atoms with Gasteiger partial charge in [-0.25, -0.2) is 0 Å². The molecule has 0 aromatic carbocycles. The highest BCUT2D eigenvalue weighted by Gasteiger charge is 2.29. The second kappa shape index (κ2) is 9.77. The number of anilines is 1. The van der Waals surface area contributed by atoms with E-state index in [1.54, 1.807) is 13.1 Å². The van der Waals surface area contributed by atoms with Gasteiger partial charge in [0.1, 0.15) is 0 Å². The van der Waals surface area contributed by atoms with Crippen molar-refractivity contribution in [1.82, 2.24) is 4.98 Å². The third-order valence-electron chi connectivity index (χ3n) is 4.32. The van der Waals surface area contributed by atoms with E-state index in [0.717, 1.165) is 12.8 Å². The van der Waals surface area contributed by atoms with Crippen LogP contribution in [0.2, 0.25) is 0 Å². The van der Waals surface area contributed by atoms with Crippen LogP contribution in [-0.2, 0) is 6.42 Å². The summed E-state index contributed by atoms with van der Waals surface area (Å²) in [7, 11) is 0. The van der Waals surface area contributed by atoms with Crippen molar-refractivity contribution in [2.45, 2.75) is 71.5 Å². The third-order valence-corrected chi connectivity index (χ3v) is 4.32. The normalized spacial score (nSPS) is 15.6. The van der Waals surface area contributed by atoms with Gasteiger partial charge in [-0.1, -0.05) is 23.3 Å². The maximum absolute atomic E-state index is 10.5. The molecule has 0 spiro atoms. The first-order valence-electron chi connectivity index (χ1n) is 8.66. The molecule has 25 heavy (non-hydrogen) atoms. The zero-order chi connectivity index (χ0) is 19.0. The molecule has 142 valence electrons. The fourth-order valence-electron chi connectivity index (χ4n) is 2.57. The van der Waals surface area contributed by atoms with Gasteiger partial charge >= 0.3 is 0 Å². The third kappa shape index (κ3) is 7.88. The predicted molar refractivity (Wildman–Crippen MR) is 98.8 cm³/mol. The van der Waals surface area contributed by atoms with Crippen LogP contribution in [0.15, 0.2) is 35.6 Å². The molecule has 0 aliphatic carbocycles. The SMILES string of the molecule is CC(C)=CCC/C(C)=C/CC[C@](C)(O)[C@H](O)Cc1c[nH]c(N(O)O)c1. The molecule has 1 aromatic heterocycles. The van der Waals surface area contributed by atoms with Crippen LogP contribution >= 0.6 is 0 Å². The maximum atomic E-state index is 10.5. The lowest BCUT2D eigenvalue weighted by molar-refractivity contribution is -0.0654. The van der Waals surface area contributed by atoms with E-state index in [1.165, 1.54) is 17.2 Å². The molecule has 0 amide bonds. The van der Waals surface area contributed by atoms with Crippen molar-refractivity contribution in [3.8, 4) is 0 Å². The Morgan fingerprint density at radius 1 is 1.24 bits per heavy atom. The molecule has 0 aliphatic rings. The number of aliphatic hydroxyl groups is 2. The molecule has 6 nitrogen and oxygen atoms in total. The lowest BCUT2D eigenvalue weighted by Gasteiger charge is -2.28. The number of aromatic amines is 1. The van der Waals surface area contributed by atoms with Crippen molar-refractivity contribution in [3.05, 3.63) is 41.1 Å². The largest absolute Gasteiger partial charge is 0.390 e. The van der Waals surface area contributed by atoms with Crippen molar-refractivity contribution < 1.29 is 20.6 Å². The number of hydrogen-bond donors (Lipinski definition) is 5. The molecule has 0 fully saturated rings. The van der Waals surface area contributed by atoms with Gasteiger partial charge < -0.3 is 15.2 Å². The Kier molecular flexibility index (Phi) is 8.38. The van der Waals surface area contributed by atoms with E-state index in [4.69, 9.17) is 10.4 Å². The van der Waals surface area contributed by atoms with Gasteiger partial charge in [0.15, 0.2) is 5.82 Å². The molecule has 0 radical (unpaired) electrons. The number of rotatable bonds is 10. The Morgan fingerprint density at radius 2 is 1.92 bits per heavy atom. The van der Waals surface area contributed by atoms with Crippen molar-refractivity contribution >= 4 is 5.82 Å². The van der Waals surface area contributed by atoms with E-state index < -0.39 is 11.7 Å². The maximum Gasteiger partial charge on any atom is 0.161 e. The molecule has 0 saturated carbocycles. The van der Waals surface area contributed by atoms with E-state index >= 15 is 0 Å². The van der Waals surface area contributed by atoms with Crippen LogP contribution in [0.1, 0.15) is 58.9 Å². The lowest BCUT2D eigenvalue weighted by atomic mass is 9.89. The quantitative estimate of drug-likeness (QED) is 0.326. The molecule has 1 aromatic rings. The Labute approximate surface area is 150 Å². The molecule has 1 rings (SSSR count). The molecule has 0 unspecified atom stereocenters. The van der Waals surface area contributed by atoms with E-state index in [9.17, 15) is 10.2 Å². The van der Waals surface area contributed by atoms with E-state index in [-0.39, 0.29) is 17.5 Å². The Balaban J connectivity index is 2.48. The number of H-pyrrole nitrogens is 1. The van der Waals surface area contributed by atoms with Crippen LogP contribution in [0.25, 0.3) is 0 Å². The highest BCUT2D eigenvalue weighted by Crippen LogP contribution is 2.23. The van der Waals surface area contributed by atoms with Gasteiger partial charge in [0.2, 0.25) is 0 Å². The van der Waals surface area contributed by atoms with Crippen molar-refractivity contribution in [1.29, 1.82) is 0 Å². The first-order valence-corrected chi connectivity index (χ1v) is 8.66. The molecule has 6 heteroatoms. The number of allylic oxidation sites excluding steroid dienone is 4. The summed E-state index contributed by atoms with van der Waals surface area (Å²) in [6.07, 6.45) is 8.35. The van der Waals surface area contributed by atoms with E-state index in [0.29, 0.717) is 18.4 Å². The minimum absolute atomic E-state index is 0.0170. The van der Waals surface area contributed by atoms with Gasteiger partial charge in [-0.15, -0.1) is 5.23 Å². The van der Waals surface area contributed by atoms with Crippen LogP contribution in [0.4, 0.5) is 5.82 Å². The van der Waals surface area contributed by atoms with Crippen LogP contribution in [0, 0.1) is 0 Å². The molecule has 2 atom stereocenters. The Bertz CT molecular complexity index is 584. The minimum atomic E-state index is -1.22. The first-order chi connectivity index (χ1) is 11.6. The summed E-state index contributed by atoms with van der Waals surface area (Å²) in [6.45, 7) is 7.89. The highest BCUT2D eigenvalue weighted by molar-refractivity contribution is 5.37. The van der Waals surface area contributed by atoms with Gasteiger partial charge in [0, 0.05) is 12.6 Å². The number of hydrogen-bond acceptors (Lipinski definition) is 5. The molecular formula is C19H32N2O4. The first kappa shape index (κ1) is 21.4. The van der Waals surface area contributed by atoms with E-state index in [1.807, 2.05) is 0 Å². The fourth-order valence-corrected chi connectivity index (χ4v) is 2.57. The summed E-state index contributed by atoms with van der Waals surface area (Å²) >= 11 is 0. The van der Waals surface area contributed by atoms with Crippen LogP contribution in [0.5, 0.6) is 0 Å². The highest BCUT2D eigenvalue weighted by atomic mass is 16.8. The predicted octanol–water partition coefficient (Wildman–Crippen LogP) is 3.73. The summed E-state index contributed by atoms with van der Waals surface area (Å²) in [4.78, 5) is 2.67. The smallest absolute Gasteiger partial charge is 0.161 e. The molecule has 0 aliphatic heterocycles. The molecular weight excluding hydrogens is 320 g/mol. The fraction of sp³-hybridized carbons (Fsp3) is 0.579. The molecule has 0 bridgehead atoms. The van der Waals surface area contributed by atoms with E-state index in [2.05, 4.69) is 37.9 Å². The number of nitrogens with zero attached hydrogens (tertiary/aromatic N) is 1. The van der Waals surface area contributed by atoms with Crippen LogP contribution in [-0.4, -0.2) is 37.3 Å². The van der Waals surface area contributed by atoms with Crippen LogP contribution < -0.4 is 5.23 Å². The van der Waals surface area contributed by atoms with Gasteiger partial charge in [-0.05, 0) is 65.0 Å². The van der Waals surface area contributed by atoms with Crippen molar-refractivity contribution in [3.63, 3.8) is 0 Å².